The van der Waals surface area contributed by atoms with Crippen LogP contribution in [0.25, 0.3) is 0 Å². The van der Waals surface area contributed by atoms with Crippen molar-refractivity contribution in [3.63, 3.8) is 0 Å². The van der Waals surface area contributed by atoms with Crippen LogP contribution in [0.1, 0.15) is 20.8 Å². The maximum Gasteiger partial charge on any atom is 0.422 e. The molecule has 0 saturated heterocycles. The van der Waals surface area contributed by atoms with Gasteiger partial charge in [0.15, 0.2) is 0 Å². The van der Waals surface area contributed by atoms with E-state index in [4.69, 9.17) is 0 Å². The Kier molecular flexibility index (Phi) is 2.92. The lowest BCUT2D eigenvalue weighted by Crippen LogP contribution is -1.85. The molecule has 0 aliphatic rings. The quantitative estimate of drug-likeness (QED) is 0.506. The van der Waals surface area contributed by atoms with Crippen LogP contribution < -0.4 is 0 Å². The van der Waals surface area contributed by atoms with Crippen molar-refractivity contribution in [2.45, 2.75) is 20.8 Å². The summed E-state index contributed by atoms with van der Waals surface area (Å²) in [4.78, 5) is 9.54. The van der Waals surface area contributed by atoms with Crippen molar-refractivity contribution in [3.05, 3.63) is 11.3 Å². The highest BCUT2D eigenvalue weighted by Gasteiger charge is 1.88. The van der Waals surface area contributed by atoms with Crippen molar-refractivity contribution in [3.8, 4) is 0 Å². The zero-order valence-corrected chi connectivity index (χ0v) is 5.32. The molecule has 0 heterocycles. The van der Waals surface area contributed by atoms with E-state index in [-0.39, 0.29) is 0 Å². The second kappa shape index (κ2) is 3.24. The maximum atomic E-state index is 9.54. The largest absolute Gasteiger partial charge is 0.423 e. The number of hydrogen-bond donors (Lipinski definition) is 0. The Hall–Kier alpha value is -0.790. The van der Waals surface area contributed by atoms with Gasteiger partial charge >= 0.3 is 6.47 Å². The maximum absolute atomic E-state index is 9.54. The van der Waals surface area contributed by atoms with E-state index < -0.39 is 0 Å². The molecular formula is C6H9O2. The van der Waals surface area contributed by atoms with Gasteiger partial charge in [0.2, 0.25) is 0 Å². The summed E-state index contributed by atoms with van der Waals surface area (Å²) in [5, 5.41) is 0. The Morgan fingerprint density at radius 3 is 2.00 bits per heavy atom. The average molecular weight is 113 g/mol. The fourth-order valence-electron chi connectivity index (χ4n) is 0.165. The van der Waals surface area contributed by atoms with Gasteiger partial charge in [-0.2, -0.15) is 0 Å². The van der Waals surface area contributed by atoms with Crippen LogP contribution in [-0.2, 0) is 9.53 Å². The predicted octanol–water partition coefficient (Wildman–Crippen LogP) is 1.38. The Bertz CT molecular complexity index is 110. The normalized spacial score (nSPS) is 7.88. The first-order valence-corrected chi connectivity index (χ1v) is 2.36. The van der Waals surface area contributed by atoms with Crippen molar-refractivity contribution in [2.75, 3.05) is 0 Å². The highest BCUT2D eigenvalue weighted by molar-refractivity contribution is 5.41. The molecular weight excluding hydrogens is 104 g/mol. The minimum absolute atomic E-state index is 0.625. The van der Waals surface area contributed by atoms with E-state index >= 15 is 0 Å². The Morgan fingerprint density at radius 1 is 1.38 bits per heavy atom. The molecule has 0 spiro atoms. The second-order valence-electron chi connectivity index (χ2n) is 1.74. The molecule has 0 aliphatic heterocycles. The summed E-state index contributed by atoms with van der Waals surface area (Å²) in [6.07, 6.45) is 0. The summed E-state index contributed by atoms with van der Waals surface area (Å²) >= 11 is 0. The minimum atomic E-state index is 0.625. The molecule has 0 amide bonds. The van der Waals surface area contributed by atoms with E-state index in [1.807, 2.05) is 13.8 Å². The first kappa shape index (κ1) is 7.21. The van der Waals surface area contributed by atoms with Gasteiger partial charge in [-0.1, -0.05) is 0 Å². The molecule has 2 nitrogen and oxygen atoms in total. The number of allylic oxidation sites excluding steroid dienone is 2. The molecule has 0 aliphatic carbocycles. The molecule has 1 radical (unpaired) electrons. The molecule has 0 saturated carbocycles. The summed E-state index contributed by atoms with van der Waals surface area (Å²) in [6.45, 7) is 6.80. The van der Waals surface area contributed by atoms with Gasteiger partial charge in [0, 0.05) is 0 Å². The van der Waals surface area contributed by atoms with Gasteiger partial charge in [-0.15, -0.1) is 0 Å². The van der Waals surface area contributed by atoms with Crippen molar-refractivity contribution >= 4 is 6.47 Å². The third kappa shape index (κ3) is 2.39. The first-order chi connectivity index (χ1) is 3.68. The monoisotopic (exact) mass is 113 g/mol. The first-order valence-electron chi connectivity index (χ1n) is 2.36. The molecule has 0 unspecified atom stereocenters. The molecule has 0 fully saturated rings. The van der Waals surface area contributed by atoms with Gasteiger partial charge in [0.1, 0.15) is 5.76 Å². The lowest BCUT2D eigenvalue weighted by Gasteiger charge is -1.95. The number of ether oxygens (including phenoxy) is 1. The van der Waals surface area contributed by atoms with Crippen LogP contribution in [-0.4, -0.2) is 6.47 Å². The number of rotatable bonds is 2. The molecule has 0 aromatic carbocycles. The summed E-state index contributed by atoms with van der Waals surface area (Å²) in [5.41, 5.74) is 0.994. The van der Waals surface area contributed by atoms with Gasteiger partial charge < -0.3 is 4.74 Å². The van der Waals surface area contributed by atoms with Crippen LogP contribution in [0.5, 0.6) is 0 Å². The van der Waals surface area contributed by atoms with Gasteiger partial charge in [-0.25, -0.2) is 4.79 Å². The van der Waals surface area contributed by atoms with Crippen molar-refractivity contribution in [1.82, 2.24) is 0 Å². The highest BCUT2D eigenvalue weighted by atomic mass is 16.5. The smallest absolute Gasteiger partial charge is 0.422 e. The zero-order chi connectivity index (χ0) is 6.57. The molecule has 45 valence electrons. The summed E-state index contributed by atoms with van der Waals surface area (Å²) < 4.78 is 4.38. The van der Waals surface area contributed by atoms with E-state index in [9.17, 15) is 4.79 Å². The van der Waals surface area contributed by atoms with Gasteiger partial charge in [-0.05, 0) is 26.3 Å². The number of hydrogen-bond acceptors (Lipinski definition) is 2. The molecule has 8 heavy (non-hydrogen) atoms. The highest BCUT2D eigenvalue weighted by Crippen LogP contribution is 2.00. The van der Waals surface area contributed by atoms with E-state index in [0.29, 0.717) is 5.76 Å². The Labute approximate surface area is 49.1 Å². The SMILES string of the molecule is CC(C)=C(C)O[C]=O. The van der Waals surface area contributed by atoms with E-state index in [2.05, 4.69) is 4.74 Å². The molecule has 2 heteroatoms. The van der Waals surface area contributed by atoms with Crippen LogP contribution in [0.4, 0.5) is 0 Å². The summed E-state index contributed by atoms with van der Waals surface area (Å²) in [5.74, 6) is 0.625. The van der Waals surface area contributed by atoms with E-state index in [0.717, 1.165) is 5.57 Å². The summed E-state index contributed by atoms with van der Waals surface area (Å²) in [7, 11) is 0. The Morgan fingerprint density at radius 2 is 1.88 bits per heavy atom. The lowest BCUT2D eigenvalue weighted by molar-refractivity contribution is 0.360. The van der Waals surface area contributed by atoms with Gasteiger partial charge in [0.25, 0.3) is 0 Å². The fourth-order valence-corrected chi connectivity index (χ4v) is 0.165. The summed E-state index contributed by atoms with van der Waals surface area (Å²) in [6, 6.07) is 0. The molecule has 0 N–H and O–H groups in total. The fraction of sp³-hybridized carbons (Fsp3) is 0.500. The average Bonchev–Trinajstić information content (AvgIpc) is 1.67. The standard InChI is InChI=1S/C6H9O2/c1-5(2)6(3)8-4-7/h1-3H3. The van der Waals surface area contributed by atoms with Crippen molar-refractivity contribution in [1.29, 1.82) is 0 Å². The predicted molar refractivity (Wildman–Crippen MR) is 30.8 cm³/mol. The van der Waals surface area contributed by atoms with Crippen molar-refractivity contribution in [2.24, 2.45) is 0 Å². The minimum Gasteiger partial charge on any atom is -0.423 e. The molecule has 0 aromatic rings. The lowest BCUT2D eigenvalue weighted by atomic mass is 10.3. The third-order valence-corrected chi connectivity index (χ3v) is 0.899. The van der Waals surface area contributed by atoms with Crippen LogP contribution in [0, 0.1) is 0 Å². The molecule has 0 bridgehead atoms. The van der Waals surface area contributed by atoms with Crippen LogP contribution in [0.3, 0.4) is 0 Å². The molecule has 0 atom stereocenters. The number of carbonyl (C=O) groups excluding carboxylic acids is 1. The van der Waals surface area contributed by atoms with E-state index in [1.54, 1.807) is 6.92 Å². The Balaban J connectivity index is 3.79. The topological polar surface area (TPSA) is 26.3 Å². The van der Waals surface area contributed by atoms with Gasteiger partial charge in [0.05, 0.1) is 0 Å². The third-order valence-electron chi connectivity index (χ3n) is 0.899. The zero-order valence-electron chi connectivity index (χ0n) is 5.32. The van der Waals surface area contributed by atoms with Crippen LogP contribution in [0.15, 0.2) is 11.3 Å². The second-order valence-corrected chi connectivity index (χ2v) is 1.74. The van der Waals surface area contributed by atoms with Gasteiger partial charge in [-0.3, -0.25) is 0 Å². The van der Waals surface area contributed by atoms with E-state index in [1.165, 1.54) is 6.47 Å². The molecule has 0 rings (SSSR count). The van der Waals surface area contributed by atoms with Crippen LogP contribution >= 0.6 is 0 Å². The van der Waals surface area contributed by atoms with Crippen LogP contribution in [0.2, 0.25) is 0 Å². The molecule has 0 aromatic heterocycles. The van der Waals surface area contributed by atoms with Crippen molar-refractivity contribution < 1.29 is 9.53 Å².